The summed E-state index contributed by atoms with van der Waals surface area (Å²) in [5, 5.41) is 5.20. The smallest absolute Gasteiger partial charge is 0.179 e. The maximum Gasteiger partial charge on any atom is 0.179 e. The van der Waals surface area contributed by atoms with Crippen molar-refractivity contribution in [2.75, 3.05) is 27.3 Å². The summed E-state index contributed by atoms with van der Waals surface area (Å²) in [7, 11) is 3.30. The van der Waals surface area contributed by atoms with Crippen LogP contribution < -0.4 is 14.8 Å². The van der Waals surface area contributed by atoms with Crippen LogP contribution in [0.4, 0.5) is 0 Å². The number of hydrogen-bond donors (Lipinski definition) is 1. The van der Waals surface area contributed by atoms with Gasteiger partial charge < -0.3 is 14.8 Å². The Morgan fingerprint density at radius 1 is 1.30 bits per heavy atom. The highest BCUT2D eigenvalue weighted by Crippen LogP contribution is 2.47. The molecule has 0 aliphatic carbocycles. The summed E-state index contributed by atoms with van der Waals surface area (Å²) in [5.41, 5.74) is 0.362. The molecule has 1 aromatic carbocycles. The van der Waals surface area contributed by atoms with Crippen LogP contribution in [0, 0.1) is 11.3 Å². The largest absolute Gasteiger partial charge is 0.495 e. The predicted molar refractivity (Wildman–Crippen MR) is 109 cm³/mol. The van der Waals surface area contributed by atoms with Crippen molar-refractivity contribution in [3.8, 4) is 11.5 Å². The molecule has 1 saturated heterocycles. The van der Waals surface area contributed by atoms with Gasteiger partial charge in [0, 0.05) is 28.9 Å². The van der Waals surface area contributed by atoms with Crippen molar-refractivity contribution in [3.63, 3.8) is 0 Å². The highest BCUT2D eigenvalue weighted by molar-refractivity contribution is 7.21. The normalized spacial score (nSPS) is 22.9. The number of ketones is 1. The number of carbonyl (C=O) groups is 1. The van der Waals surface area contributed by atoms with Gasteiger partial charge in [-0.1, -0.05) is 13.8 Å². The number of nitrogens with zero attached hydrogens (tertiary/aromatic N) is 1. The van der Waals surface area contributed by atoms with E-state index < -0.39 is 5.41 Å². The number of nitrogens with one attached hydrogen (secondary N) is 1. The third-order valence-electron chi connectivity index (χ3n) is 5.44. The maximum atomic E-state index is 13.4. The number of methoxy groups -OCH3 is 2. The number of benzene rings is 1. The molecule has 27 heavy (non-hydrogen) atoms. The lowest BCUT2D eigenvalue weighted by molar-refractivity contribution is 0.0738. The molecule has 1 N–H and O–H groups in total. The number of carbonyl (C=O) groups excluding carboxylic acids is 1. The SMILES string of the molecule is COc1c2cccnc2c(OC)c2sc(C(=O)C3(C)CNCC(C)C3)cc12. The zero-order valence-corrected chi connectivity index (χ0v) is 16.9. The molecule has 4 rings (SSSR count). The molecule has 1 aliphatic heterocycles. The first-order chi connectivity index (χ1) is 13.0. The molecular formula is C21H24N2O3S. The van der Waals surface area contributed by atoms with Crippen LogP contribution in [0.2, 0.25) is 0 Å². The van der Waals surface area contributed by atoms with Crippen LogP contribution in [0.5, 0.6) is 11.5 Å². The standard InChI is InChI=1S/C21H24N2O3S/c1-12-9-21(2,11-22-10-12)20(24)15-8-14-17(25-3)13-6-5-7-23-16(13)18(26-4)19(14)27-15/h5-8,12,22H,9-11H2,1-4H3. The van der Waals surface area contributed by atoms with Crippen molar-refractivity contribution in [1.82, 2.24) is 10.3 Å². The number of piperidine rings is 1. The second-order valence-electron chi connectivity index (χ2n) is 7.65. The summed E-state index contributed by atoms with van der Waals surface area (Å²) in [6.07, 6.45) is 2.64. The Morgan fingerprint density at radius 3 is 2.78 bits per heavy atom. The van der Waals surface area contributed by atoms with Gasteiger partial charge in [-0.25, -0.2) is 0 Å². The van der Waals surface area contributed by atoms with Crippen molar-refractivity contribution in [2.45, 2.75) is 20.3 Å². The summed E-state index contributed by atoms with van der Waals surface area (Å²) in [4.78, 5) is 18.6. The first kappa shape index (κ1) is 18.2. The summed E-state index contributed by atoms with van der Waals surface area (Å²) < 4.78 is 12.3. The van der Waals surface area contributed by atoms with E-state index in [-0.39, 0.29) is 5.78 Å². The van der Waals surface area contributed by atoms with Crippen LogP contribution in [0.15, 0.2) is 24.4 Å². The molecule has 2 aromatic heterocycles. The molecule has 1 fully saturated rings. The van der Waals surface area contributed by atoms with Gasteiger partial charge in [-0.3, -0.25) is 9.78 Å². The number of aromatic nitrogens is 1. The lowest BCUT2D eigenvalue weighted by Crippen LogP contribution is -2.46. The van der Waals surface area contributed by atoms with Gasteiger partial charge in [-0.05, 0) is 37.1 Å². The molecule has 0 radical (unpaired) electrons. The Hall–Kier alpha value is -2.18. The molecule has 2 unspecified atom stereocenters. The molecule has 0 bridgehead atoms. The number of fused-ring (bicyclic) bond motifs is 2. The van der Waals surface area contributed by atoms with Gasteiger partial charge in [0.2, 0.25) is 0 Å². The Bertz CT molecular complexity index is 969. The van der Waals surface area contributed by atoms with E-state index in [1.165, 1.54) is 11.3 Å². The van der Waals surface area contributed by atoms with Crippen LogP contribution in [0.1, 0.15) is 29.9 Å². The molecule has 5 nitrogen and oxygen atoms in total. The van der Waals surface area contributed by atoms with E-state index in [1.54, 1.807) is 20.4 Å². The summed E-state index contributed by atoms with van der Waals surface area (Å²) in [6, 6.07) is 5.81. The monoisotopic (exact) mass is 384 g/mol. The fourth-order valence-electron chi connectivity index (χ4n) is 4.25. The van der Waals surface area contributed by atoms with Crippen molar-refractivity contribution in [2.24, 2.45) is 11.3 Å². The third-order valence-corrected chi connectivity index (χ3v) is 6.57. The quantitative estimate of drug-likeness (QED) is 0.680. The van der Waals surface area contributed by atoms with Crippen LogP contribution in [-0.4, -0.2) is 38.1 Å². The topological polar surface area (TPSA) is 60.5 Å². The zero-order chi connectivity index (χ0) is 19.2. The van der Waals surface area contributed by atoms with Crippen LogP contribution in [-0.2, 0) is 0 Å². The van der Waals surface area contributed by atoms with Gasteiger partial charge in [0.05, 0.1) is 23.8 Å². The Kier molecular flexibility index (Phi) is 4.56. The molecule has 1 aliphatic rings. The van der Waals surface area contributed by atoms with E-state index in [0.717, 1.165) is 44.6 Å². The van der Waals surface area contributed by atoms with Crippen molar-refractivity contribution < 1.29 is 14.3 Å². The van der Waals surface area contributed by atoms with Crippen molar-refractivity contribution in [1.29, 1.82) is 0 Å². The van der Waals surface area contributed by atoms with Gasteiger partial charge in [0.15, 0.2) is 11.5 Å². The molecule has 6 heteroatoms. The van der Waals surface area contributed by atoms with Crippen molar-refractivity contribution >= 4 is 38.1 Å². The van der Waals surface area contributed by atoms with Gasteiger partial charge >= 0.3 is 0 Å². The van der Waals surface area contributed by atoms with E-state index in [4.69, 9.17) is 9.47 Å². The highest BCUT2D eigenvalue weighted by Gasteiger charge is 2.38. The minimum absolute atomic E-state index is 0.184. The van der Waals surface area contributed by atoms with Crippen LogP contribution in [0.3, 0.4) is 0 Å². The molecule has 0 amide bonds. The first-order valence-electron chi connectivity index (χ1n) is 9.16. The van der Waals surface area contributed by atoms with Gasteiger partial charge in [0.1, 0.15) is 11.3 Å². The minimum Gasteiger partial charge on any atom is -0.495 e. The summed E-state index contributed by atoms with van der Waals surface area (Å²) >= 11 is 1.47. The molecular weight excluding hydrogens is 360 g/mol. The number of hydrogen-bond acceptors (Lipinski definition) is 6. The third kappa shape index (κ3) is 2.87. The fourth-order valence-corrected chi connectivity index (χ4v) is 5.52. The molecule has 3 heterocycles. The molecule has 142 valence electrons. The van der Waals surface area contributed by atoms with E-state index >= 15 is 0 Å². The molecule has 2 atom stereocenters. The second kappa shape index (κ2) is 6.77. The van der Waals surface area contributed by atoms with E-state index in [0.29, 0.717) is 18.2 Å². The van der Waals surface area contributed by atoms with Gasteiger partial charge in [0.25, 0.3) is 0 Å². The number of ether oxygens (including phenoxy) is 2. The Morgan fingerprint density at radius 2 is 2.07 bits per heavy atom. The predicted octanol–water partition coefficient (Wildman–Crippen LogP) is 4.29. The fraction of sp³-hybridized carbons (Fsp3) is 0.429. The minimum atomic E-state index is -0.392. The average Bonchev–Trinajstić information content (AvgIpc) is 3.09. The first-order valence-corrected chi connectivity index (χ1v) is 9.98. The lowest BCUT2D eigenvalue weighted by Gasteiger charge is -2.35. The van der Waals surface area contributed by atoms with Crippen molar-refractivity contribution in [3.05, 3.63) is 29.3 Å². The summed E-state index contributed by atoms with van der Waals surface area (Å²) in [6.45, 7) is 5.93. The number of pyridine rings is 1. The zero-order valence-electron chi connectivity index (χ0n) is 16.1. The number of rotatable bonds is 4. The highest BCUT2D eigenvalue weighted by atomic mass is 32.1. The maximum absolute atomic E-state index is 13.4. The Labute approximate surface area is 162 Å². The van der Waals surface area contributed by atoms with E-state index in [9.17, 15) is 4.79 Å². The number of Topliss-reactive ketones (excluding diaryl/α,β-unsaturated/α-hetero) is 1. The summed E-state index contributed by atoms with van der Waals surface area (Å²) in [5.74, 6) is 2.11. The lowest BCUT2D eigenvalue weighted by atomic mass is 9.75. The van der Waals surface area contributed by atoms with E-state index in [1.807, 2.05) is 18.2 Å². The van der Waals surface area contributed by atoms with E-state index in [2.05, 4.69) is 24.1 Å². The second-order valence-corrected chi connectivity index (χ2v) is 8.70. The molecule has 3 aromatic rings. The van der Waals surface area contributed by atoms with Gasteiger partial charge in [-0.2, -0.15) is 0 Å². The van der Waals surface area contributed by atoms with Crippen LogP contribution >= 0.6 is 11.3 Å². The van der Waals surface area contributed by atoms with Gasteiger partial charge in [-0.15, -0.1) is 11.3 Å². The molecule has 0 saturated carbocycles. The average molecular weight is 385 g/mol. The van der Waals surface area contributed by atoms with Crippen LogP contribution in [0.25, 0.3) is 21.0 Å². The molecule has 0 spiro atoms. The Balaban J connectivity index is 1.91. The number of thiophene rings is 1.